The highest BCUT2D eigenvalue weighted by atomic mass is 32.2. The molecule has 0 aromatic heterocycles. The van der Waals surface area contributed by atoms with Gasteiger partial charge in [-0.15, -0.1) is 18.3 Å². The minimum absolute atomic E-state index is 0.514. The smallest absolute Gasteiger partial charge is 0.0644 e. The number of ether oxygens (including phenoxy) is 1. The Hall–Kier alpha value is -0.770. The van der Waals surface area contributed by atoms with Gasteiger partial charge in [0, 0.05) is 32.5 Å². The lowest BCUT2D eigenvalue weighted by molar-refractivity contribution is 0.232. The molecule has 0 fully saturated rings. The molecule has 0 radical (unpaired) electrons. The Labute approximate surface area is 129 Å². The zero-order chi connectivity index (χ0) is 15.2. The van der Waals surface area contributed by atoms with Gasteiger partial charge in [0.15, 0.2) is 0 Å². The molecule has 0 heterocycles. The molecule has 0 saturated carbocycles. The molecule has 0 aromatic rings. The number of methoxy groups -OCH3 is 1. The van der Waals surface area contributed by atoms with Crippen LogP contribution in [0.15, 0.2) is 48.4 Å². The van der Waals surface area contributed by atoms with E-state index in [9.17, 15) is 0 Å². The van der Waals surface area contributed by atoms with Gasteiger partial charge in [-0.25, -0.2) is 0 Å². The molecule has 114 valence electrons. The zero-order valence-corrected chi connectivity index (χ0v) is 14.0. The Morgan fingerprint density at radius 2 is 2.10 bits per heavy atom. The van der Waals surface area contributed by atoms with E-state index in [4.69, 9.17) is 4.74 Å². The van der Waals surface area contributed by atoms with Crippen LogP contribution in [0.25, 0.3) is 0 Å². The summed E-state index contributed by atoms with van der Waals surface area (Å²) in [5, 5.41) is 0. The van der Waals surface area contributed by atoms with Crippen LogP contribution in [-0.4, -0.2) is 44.0 Å². The molecule has 0 aromatic carbocycles. The molecule has 0 N–H and O–H groups in total. The summed E-state index contributed by atoms with van der Waals surface area (Å²) in [6.45, 7) is 15.7. The maximum Gasteiger partial charge on any atom is 0.0644 e. The average molecular weight is 295 g/mol. The van der Waals surface area contributed by atoms with E-state index in [2.05, 4.69) is 50.1 Å². The molecule has 0 aliphatic heterocycles. The van der Waals surface area contributed by atoms with Gasteiger partial charge in [0.1, 0.15) is 0 Å². The maximum absolute atomic E-state index is 5.02. The first-order valence-electron chi connectivity index (χ1n) is 7.05. The number of rotatable bonds is 12. The number of hydrogen-bond donors (Lipinski definition) is 0. The SMILES string of the molecule is C=C/C=C(\C)SCCN(C/C=C/COC)CC(C)C=C. The second kappa shape index (κ2) is 13.2. The van der Waals surface area contributed by atoms with Gasteiger partial charge in [-0.2, -0.15) is 0 Å². The van der Waals surface area contributed by atoms with Gasteiger partial charge in [-0.1, -0.05) is 43.9 Å². The molecule has 0 bridgehead atoms. The summed E-state index contributed by atoms with van der Waals surface area (Å²) in [5.41, 5.74) is 0. The number of allylic oxidation sites excluding steroid dienone is 3. The summed E-state index contributed by atoms with van der Waals surface area (Å²) in [6, 6.07) is 0. The summed E-state index contributed by atoms with van der Waals surface area (Å²) in [5.74, 6) is 1.61. The van der Waals surface area contributed by atoms with E-state index in [1.807, 2.05) is 23.9 Å². The summed E-state index contributed by atoms with van der Waals surface area (Å²) in [7, 11) is 1.72. The zero-order valence-electron chi connectivity index (χ0n) is 13.2. The predicted octanol–water partition coefficient (Wildman–Crippen LogP) is 4.14. The fourth-order valence-corrected chi connectivity index (χ4v) is 2.54. The highest BCUT2D eigenvalue weighted by Crippen LogP contribution is 2.15. The Balaban J connectivity index is 4.19. The van der Waals surface area contributed by atoms with Crippen LogP contribution in [0.5, 0.6) is 0 Å². The van der Waals surface area contributed by atoms with Gasteiger partial charge >= 0.3 is 0 Å². The van der Waals surface area contributed by atoms with Crippen molar-refractivity contribution in [2.75, 3.05) is 39.1 Å². The summed E-state index contributed by atoms with van der Waals surface area (Å²) < 4.78 is 5.02. The largest absolute Gasteiger partial charge is 0.381 e. The molecule has 1 unspecified atom stereocenters. The van der Waals surface area contributed by atoms with Crippen LogP contribution in [0.1, 0.15) is 13.8 Å². The number of hydrogen-bond acceptors (Lipinski definition) is 3. The molecule has 3 heteroatoms. The molecule has 20 heavy (non-hydrogen) atoms. The van der Waals surface area contributed by atoms with Crippen molar-refractivity contribution in [1.29, 1.82) is 0 Å². The molecular formula is C17H29NOS. The highest BCUT2D eigenvalue weighted by Gasteiger charge is 2.06. The Bertz CT molecular complexity index is 323. The molecule has 2 nitrogen and oxygen atoms in total. The summed E-state index contributed by atoms with van der Waals surface area (Å²) >= 11 is 1.88. The quantitative estimate of drug-likeness (QED) is 0.397. The van der Waals surface area contributed by atoms with Crippen LogP contribution in [0.4, 0.5) is 0 Å². The molecule has 0 saturated heterocycles. The molecule has 0 aliphatic carbocycles. The second-order valence-electron chi connectivity index (χ2n) is 4.76. The van der Waals surface area contributed by atoms with E-state index in [0.29, 0.717) is 12.5 Å². The van der Waals surface area contributed by atoms with Crippen LogP contribution in [0.3, 0.4) is 0 Å². The third kappa shape index (κ3) is 11.1. The monoisotopic (exact) mass is 295 g/mol. The average Bonchev–Trinajstić information content (AvgIpc) is 2.43. The standard InChI is InChI=1S/C17H29NOS/c1-6-10-17(4)20-14-12-18(15-16(3)7-2)11-8-9-13-19-5/h6-10,16H,1-2,11-15H2,3-5H3/b9-8+,17-10+. The first kappa shape index (κ1) is 19.2. The van der Waals surface area contributed by atoms with Gasteiger partial charge in [0.25, 0.3) is 0 Å². The summed E-state index contributed by atoms with van der Waals surface area (Å²) in [4.78, 5) is 3.76. The van der Waals surface area contributed by atoms with Crippen molar-refractivity contribution in [2.45, 2.75) is 13.8 Å². The fourth-order valence-electron chi connectivity index (χ4n) is 1.68. The van der Waals surface area contributed by atoms with Gasteiger partial charge in [0.2, 0.25) is 0 Å². The van der Waals surface area contributed by atoms with Gasteiger partial charge in [-0.3, -0.25) is 4.90 Å². The third-order valence-electron chi connectivity index (χ3n) is 2.83. The molecule has 1 atom stereocenters. The van der Waals surface area contributed by atoms with Crippen LogP contribution >= 0.6 is 11.8 Å². The first-order chi connectivity index (χ1) is 9.63. The van der Waals surface area contributed by atoms with E-state index in [1.54, 1.807) is 7.11 Å². The van der Waals surface area contributed by atoms with Crippen molar-refractivity contribution >= 4 is 11.8 Å². The predicted molar refractivity (Wildman–Crippen MR) is 93.2 cm³/mol. The summed E-state index contributed by atoms with van der Waals surface area (Å²) in [6.07, 6.45) is 10.2. The topological polar surface area (TPSA) is 12.5 Å². The minimum atomic E-state index is 0.514. The Kier molecular flexibility index (Phi) is 12.7. The fraction of sp³-hybridized carbons (Fsp3) is 0.529. The molecule has 0 rings (SSSR count). The third-order valence-corrected chi connectivity index (χ3v) is 3.81. The van der Waals surface area contributed by atoms with E-state index in [1.165, 1.54) is 4.91 Å². The van der Waals surface area contributed by atoms with E-state index in [0.717, 1.165) is 25.4 Å². The van der Waals surface area contributed by atoms with Crippen molar-refractivity contribution in [3.05, 3.63) is 48.4 Å². The van der Waals surface area contributed by atoms with E-state index < -0.39 is 0 Å². The molecule has 0 aliphatic rings. The molecule has 0 spiro atoms. The van der Waals surface area contributed by atoms with Crippen LogP contribution in [0.2, 0.25) is 0 Å². The van der Waals surface area contributed by atoms with Crippen molar-refractivity contribution in [3.8, 4) is 0 Å². The van der Waals surface area contributed by atoms with Crippen molar-refractivity contribution < 1.29 is 4.74 Å². The first-order valence-corrected chi connectivity index (χ1v) is 8.03. The van der Waals surface area contributed by atoms with E-state index in [-0.39, 0.29) is 0 Å². The second-order valence-corrected chi connectivity index (χ2v) is 6.10. The normalized spacial score (nSPS) is 13.9. The number of thioether (sulfide) groups is 1. The van der Waals surface area contributed by atoms with Gasteiger partial charge in [0.05, 0.1) is 6.61 Å². The number of nitrogens with zero attached hydrogens (tertiary/aromatic N) is 1. The van der Waals surface area contributed by atoms with Crippen molar-refractivity contribution in [3.63, 3.8) is 0 Å². The lowest BCUT2D eigenvalue weighted by atomic mass is 10.1. The highest BCUT2D eigenvalue weighted by molar-refractivity contribution is 8.03. The Morgan fingerprint density at radius 1 is 1.35 bits per heavy atom. The Morgan fingerprint density at radius 3 is 2.70 bits per heavy atom. The van der Waals surface area contributed by atoms with Crippen molar-refractivity contribution in [1.82, 2.24) is 4.90 Å². The lowest BCUT2D eigenvalue weighted by Crippen LogP contribution is -2.30. The maximum atomic E-state index is 5.02. The van der Waals surface area contributed by atoms with Gasteiger partial charge < -0.3 is 4.74 Å². The van der Waals surface area contributed by atoms with Crippen molar-refractivity contribution in [2.24, 2.45) is 5.92 Å². The molecule has 0 amide bonds. The van der Waals surface area contributed by atoms with Crippen LogP contribution in [-0.2, 0) is 4.74 Å². The van der Waals surface area contributed by atoms with Crippen LogP contribution < -0.4 is 0 Å². The molecular weight excluding hydrogens is 266 g/mol. The van der Waals surface area contributed by atoms with Crippen LogP contribution in [0, 0.1) is 5.92 Å². The minimum Gasteiger partial charge on any atom is -0.381 e. The van der Waals surface area contributed by atoms with E-state index >= 15 is 0 Å². The lowest BCUT2D eigenvalue weighted by Gasteiger charge is -2.23. The van der Waals surface area contributed by atoms with Gasteiger partial charge in [-0.05, 0) is 17.7 Å².